The van der Waals surface area contributed by atoms with Crippen LogP contribution in [0.1, 0.15) is 26.2 Å². The molecule has 1 aromatic rings. The van der Waals surface area contributed by atoms with Gasteiger partial charge in [0, 0.05) is 25.7 Å². The SMILES string of the molecule is CCOc1cccc(N2CCCN3CCCC3C2)c1N. The van der Waals surface area contributed by atoms with Crippen molar-refractivity contribution in [2.45, 2.75) is 32.2 Å². The lowest BCUT2D eigenvalue weighted by atomic mass is 10.1. The maximum atomic E-state index is 6.31. The van der Waals surface area contributed by atoms with Crippen LogP contribution in [0.15, 0.2) is 18.2 Å². The maximum absolute atomic E-state index is 6.31. The van der Waals surface area contributed by atoms with Crippen molar-refractivity contribution in [2.24, 2.45) is 0 Å². The zero-order chi connectivity index (χ0) is 13.9. The van der Waals surface area contributed by atoms with Gasteiger partial charge in [-0.2, -0.15) is 0 Å². The van der Waals surface area contributed by atoms with E-state index in [0.29, 0.717) is 12.6 Å². The number of para-hydroxylation sites is 1. The Balaban J connectivity index is 1.82. The average Bonchev–Trinajstić information content (AvgIpc) is 2.79. The summed E-state index contributed by atoms with van der Waals surface area (Å²) in [5, 5.41) is 0. The fraction of sp³-hybridized carbons (Fsp3) is 0.625. The number of nitrogens with zero attached hydrogens (tertiary/aromatic N) is 2. The lowest BCUT2D eigenvalue weighted by Crippen LogP contribution is -2.36. The van der Waals surface area contributed by atoms with Gasteiger partial charge in [-0.15, -0.1) is 0 Å². The number of nitrogens with two attached hydrogens (primary N) is 1. The molecule has 1 atom stereocenters. The third-order valence-electron chi connectivity index (χ3n) is 4.49. The molecule has 0 amide bonds. The van der Waals surface area contributed by atoms with Crippen LogP contribution in [0.4, 0.5) is 11.4 Å². The summed E-state index contributed by atoms with van der Waals surface area (Å²) >= 11 is 0. The molecule has 2 N–H and O–H groups in total. The number of anilines is 2. The van der Waals surface area contributed by atoms with Crippen molar-refractivity contribution in [1.82, 2.24) is 4.90 Å². The Labute approximate surface area is 121 Å². The average molecular weight is 275 g/mol. The first-order valence-electron chi connectivity index (χ1n) is 7.80. The quantitative estimate of drug-likeness (QED) is 0.860. The number of hydrogen-bond donors (Lipinski definition) is 1. The molecule has 2 aliphatic heterocycles. The molecule has 4 nitrogen and oxygen atoms in total. The fourth-order valence-electron chi connectivity index (χ4n) is 3.51. The Morgan fingerprint density at radius 2 is 2.10 bits per heavy atom. The zero-order valence-corrected chi connectivity index (χ0v) is 12.3. The van der Waals surface area contributed by atoms with Gasteiger partial charge in [0.2, 0.25) is 0 Å². The molecule has 110 valence electrons. The molecule has 3 rings (SSSR count). The molecule has 0 aliphatic carbocycles. The summed E-state index contributed by atoms with van der Waals surface area (Å²) in [6, 6.07) is 6.84. The van der Waals surface area contributed by atoms with E-state index >= 15 is 0 Å². The Hall–Kier alpha value is -1.42. The molecule has 2 fully saturated rings. The number of nitrogen functional groups attached to an aromatic ring is 1. The van der Waals surface area contributed by atoms with Gasteiger partial charge < -0.3 is 15.4 Å². The highest BCUT2D eigenvalue weighted by Gasteiger charge is 2.29. The minimum Gasteiger partial charge on any atom is -0.492 e. The van der Waals surface area contributed by atoms with Crippen LogP contribution in [0.25, 0.3) is 0 Å². The second-order valence-electron chi connectivity index (χ2n) is 5.75. The van der Waals surface area contributed by atoms with E-state index < -0.39 is 0 Å². The van der Waals surface area contributed by atoms with Crippen LogP contribution in [-0.4, -0.2) is 43.7 Å². The van der Waals surface area contributed by atoms with E-state index in [-0.39, 0.29) is 0 Å². The Morgan fingerprint density at radius 1 is 1.25 bits per heavy atom. The van der Waals surface area contributed by atoms with Crippen molar-refractivity contribution >= 4 is 11.4 Å². The summed E-state index contributed by atoms with van der Waals surface area (Å²) in [5.74, 6) is 0.817. The normalized spacial score (nSPS) is 23.4. The van der Waals surface area contributed by atoms with Crippen LogP contribution in [-0.2, 0) is 0 Å². The molecule has 0 aromatic heterocycles. The van der Waals surface area contributed by atoms with Crippen LogP contribution < -0.4 is 15.4 Å². The third kappa shape index (κ3) is 2.57. The van der Waals surface area contributed by atoms with Crippen LogP contribution in [0.5, 0.6) is 5.75 Å². The summed E-state index contributed by atoms with van der Waals surface area (Å²) in [5.41, 5.74) is 8.24. The standard InChI is InChI=1S/C16H25N3O/c1-2-20-15-8-3-7-14(16(15)17)19-11-5-10-18-9-4-6-13(18)12-19/h3,7-8,13H,2,4-6,9-12,17H2,1H3. The van der Waals surface area contributed by atoms with Gasteiger partial charge in [-0.05, 0) is 44.9 Å². The first kappa shape index (κ1) is 13.6. The molecule has 0 bridgehead atoms. The first-order chi connectivity index (χ1) is 9.79. The topological polar surface area (TPSA) is 41.7 Å². The van der Waals surface area contributed by atoms with Crippen molar-refractivity contribution < 1.29 is 4.74 Å². The van der Waals surface area contributed by atoms with Gasteiger partial charge >= 0.3 is 0 Å². The van der Waals surface area contributed by atoms with Gasteiger partial charge in [-0.3, -0.25) is 4.90 Å². The Morgan fingerprint density at radius 3 is 2.95 bits per heavy atom. The van der Waals surface area contributed by atoms with Crippen LogP contribution >= 0.6 is 0 Å². The summed E-state index contributed by atoms with van der Waals surface area (Å²) < 4.78 is 5.62. The van der Waals surface area contributed by atoms with Crippen LogP contribution in [0.2, 0.25) is 0 Å². The minimum atomic E-state index is 0.657. The summed E-state index contributed by atoms with van der Waals surface area (Å²) in [4.78, 5) is 5.09. The highest BCUT2D eigenvalue weighted by atomic mass is 16.5. The predicted octanol–water partition coefficient (Wildman–Crippen LogP) is 2.34. The number of fused-ring (bicyclic) bond motifs is 1. The summed E-state index contributed by atoms with van der Waals surface area (Å²) in [6.45, 7) is 7.34. The van der Waals surface area contributed by atoms with Gasteiger partial charge in [-0.25, -0.2) is 0 Å². The van der Waals surface area contributed by atoms with Gasteiger partial charge in [0.25, 0.3) is 0 Å². The van der Waals surface area contributed by atoms with E-state index in [2.05, 4.69) is 15.9 Å². The molecule has 2 heterocycles. The number of hydrogen-bond acceptors (Lipinski definition) is 4. The molecule has 2 saturated heterocycles. The maximum Gasteiger partial charge on any atom is 0.144 e. The first-order valence-corrected chi connectivity index (χ1v) is 7.80. The van der Waals surface area contributed by atoms with E-state index in [1.54, 1.807) is 0 Å². The van der Waals surface area contributed by atoms with Crippen molar-refractivity contribution in [1.29, 1.82) is 0 Å². The lowest BCUT2D eigenvalue weighted by molar-refractivity contribution is 0.273. The van der Waals surface area contributed by atoms with Gasteiger partial charge in [0.1, 0.15) is 5.75 Å². The van der Waals surface area contributed by atoms with Gasteiger partial charge in [-0.1, -0.05) is 6.07 Å². The molecule has 0 radical (unpaired) electrons. The van der Waals surface area contributed by atoms with E-state index in [9.17, 15) is 0 Å². The smallest absolute Gasteiger partial charge is 0.144 e. The monoisotopic (exact) mass is 275 g/mol. The number of ether oxygens (including phenoxy) is 1. The minimum absolute atomic E-state index is 0.657. The van der Waals surface area contributed by atoms with Gasteiger partial charge in [0.05, 0.1) is 18.0 Å². The predicted molar refractivity (Wildman–Crippen MR) is 83.4 cm³/mol. The molecular formula is C16H25N3O. The number of rotatable bonds is 3. The highest BCUT2D eigenvalue weighted by Crippen LogP contribution is 2.34. The van der Waals surface area contributed by atoms with Crippen molar-refractivity contribution in [3.63, 3.8) is 0 Å². The fourth-order valence-corrected chi connectivity index (χ4v) is 3.51. The Kier molecular flexibility index (Phi) is 4.01. The molecule has 0 saturated carbocycles. The van der Waals surface area contributed by atoms with Crippen molar-refractivity contribution in [3.05, 3.63) is 18.2 Å². The van der Waals surface area contributed by atoms with E-state index in [1.165, 1.54) is 32.4 Å². The molecule has 0 spiro atoms. The third-order valence-corrected chi connectivity index (χ3v) is 4.49. The molecule has 1 unspecified atom stereocenters. The van der Waals surface area contributed by atoms with E-state index in [4.69, 9.17) is 10.5 Å². The molecule has 1 aromatic carbocycles. The Bertz CT molecular complexity index is 463. The molecular weight excluding hydrogens is 250 g/mol. The zero-order valence-electron chi connectivity index (χ0n) is 12.3. The van der Waals surface area contributed by atoms with Crippen molar-refractivity contribution in [3.8, 4) is 5.75 Å². The second kappa shape index (κ2) is 5.92. The molecule has 20 heavy (non-hydrogen) atoms. The molecule has 4 heteroatoms. The molecule has 2 aliphatic rings. The largest absolute Gasteiger partial charge is 0.492 e. The lowest BCUT2D eigenvalue weighted by Gasteiger charge is -2.28. The van der Waals surface area contributed by atoms with E-state index in [1.807, 2.05) is 19.1 Å². The summed E-state index contributed by atoms with van der Waals surface area (Å²) in [7, 11) is 0. The number of benzene rings is 1. The summed E-state index contributed by atoms with van der Waals surface area (Å²) in [6.07, 6.45) is 3.88. The van der Waals surface area contributed by atoms with Crippen molar-refractivity contribution in [2.75, 3.05) is 43.4 Å². The van der Waals surface area contributed by atoms with Crippen LogP contribution in [0.3, 0.4) is 0 Å². The van der Waals surface area contributed by atoms with E-state index in [0.717, 1.165) is 30.2 Å². The van der Waals surface area contributed by atoms with Crippen LogP contribution in [0, 0.1) is 0 Å². The van der Waals surface area contributed by atoms with Gasteiger partial charge in [0.15, 0.2) is 0 Å². The second-order valence-corrected chi connectivity index (χ2v) is 5.75. The highest BCUT2D eigenvalue weighted by molar-refractivity contribution is 5.74.